The lowest BCUT2D eigenvalue weighted by Crippen LogP contribution is -2.56. The van der Waals surface area contributed by atoms with Gasteiger partial charge in [-0.2, -0.15) is 4.98 Å². The molecule has 4 rings (SSSR count). The molecule has 0 N–H and O–H groups in total. The summed E-state index contributed by atoms with van der Waals surface area (Å²) >= 11 is 0. The Morgan fingerprint density at radius 1 is 1.07 bits per heavy atom. The largest absolute Gasteiger partial charge is 0.461 e. The molecule has 2 fully saturated rings. The van der Waals surface area contributed by atoms with E-state index in [1.165, 1.54) is 6.42 Å². The molecule has 0 saturated carbocycles. The molecular formula is C21H29N5O4. The van der Waals surface area contributed by atoms with E-state index in [-0.39, 0.29) is 17.9 Å². The molecule has 2 aromatic rings. The van der Waals surface area contributed by atoms with Crippen LogP contribution >= 0.6 is 0 Å². The number of hydrogen-bond acceptors (Lipinski definition) is 7. The maximum Gasteiger partial charge on any atom is 0.239 e. The second-order valence-electron chi connectivity index (χ2n) is 7.97. The minimum absolute atomic E-state index is 0.0717. The predicted octanol–water partition coefficient (Wildman–Crippen LogP) is 1.81. The van der Waals surface area contributed by atoms with E-state index < -0.39 is 0 Å². The number of aryl methyl sites for hydroxylation is 1. The lowest BCUT2D eigenvalue weighted by atomic mass is 10.1. The average molecular weight is 415 g/mol. The summed E-state index contributed by atoms with van der Waals surface area (Å²) in [6.07, 6.45) is 5.69. The number of aromatic nitrogens is 2. The Kier molecular flexibility index (Phi) is 6.47. The molecule has 2 amide bonds. The van der Waals surface area contributed by atoms with E-state index in [9.17, 15) is 9.59 Å². The van der Waals surface area contributed by atoms with Crippen molar-refractivity contribution in [1.82, 2.24) is 24.8 Å². The molecule has 1 atom stereocenters. The van der Waals surface area contributed by atoms with Crippen LogP contribution in [0.2, 0.25) is 0 Å². The maximum absolute atomic E-state index is 12.7. The molecule has 0 aromatic carbocycles. The highest BCUT2D eigenvalue weighted by Gasteiger charge is 2.30. The van der Waals surface area contributed by atoms with Gasteiger partial charge in [-0.15, -0.1) is 0 Å². The lowest BCUT2D eigenvalue weighted by Gasteiger charge is -2.39. The van der Waals surface area contributed by atoms with Crippen LogP contribution in [0.4, 0.5) is 0 Å². The number of furan rings is 1. The summed E-state index contributed by atoms with van der Waals surface area (Å²) in [7, 11) is 0. The smallest absolute Gasteiger partial charge is 0.239 e. The van der Waals surface area contributed by atoms with Crippen LogP contribution in [0.5, 0.6) is 0 Å². The Bertz CT molecular complexity index is 835. The van der Waals surface area contributed by atoms with Crippen LogP contribution in [0.25, 0.3) is 11.6 Å². The predicted molar refractivity (Wildman–Crippen MR) is 108 cm³/mol. The summed E-state index contributed by atoms with van der Waals surface area (Å²) in [6.45, 7) is 6.44. The van der Waals surface area contributed by atoms with Crippen molar-refractivity contribution in [2.24, 2.45) is 0 Å². The van der Waals surface area contributed by atoms with Gasteiger partial charge in [-0.3, -0.25) is 14.5 Å². The number of carbonyl (C=O) groups excluding carboxylic acids is 2. The van der Waals surface area contributed by atoms with Crippen molar-refractivity contribution < 1.29 is 18.5 Å². The van der Waals surface area contributed by atoms with Crippen LogP contribution in [0.3, 0.4) is 0 Å². The molecule has 9 nitrogen and oxygen atoms in total. The third-order valence-corrected chi connectivity index (χ3v) is 6.00. The van der Waals surface area contributed by atoms with E-state index in [0.29, 0.717) is 43.4 Å². The fraction of sp³-hybridized carbons (Fsp3) is 0.619. The lowest BCUT2D eigenvalue weighted by molar-refractivity contribution is -0.139. The number of hydrogen-bond donors (Lipinski definition) is 0. The van der Waals surface area contributed by atoms with Gasteiger partial charge in [0.25, 0.3) is 0 Å². The molecule has 2 saturated heterocycles. The Labute approximate surface area is 176 Å². The van der Waals surface area contributed by atoms with Gasteiger partial charge in [-0.1, -0.05) is 5.16 Å². The number of carbonyl (C=O) groups is 2. The van der Waals surface area contributed by atoms with Crippen molar-refractivity contribution in [2.75, 3.05) is 39.3 Å². The van der Waals surface area contributed by atoms with Crippen molar-refractivity contribution in [1.29, 1.82) is 0 Å². The zero-order chi connectivity index (χ0) is 20.9. The van der Waals surface area contributed by atoms with Crippen molar-refractivity contribution in [3.8, 4) is 11.6 Å². The van der Waals surface area contributed by atoms with Crippen molar-refractivity contribution in [3.05, 3.63) is 24.3 Å². The first-order valence-electron chi connectivity index (χ1n) is 10.8. The van der Waals surface area contributed by atoms with Crippen LogP contribution in [0, 0.1) is 0 Å². The van der Waals surface area contributed by atoms with E-state index >= 15 is 0 Å². The first kappa shape index (κ1) is 20.6. The molecule has 0 aliphatic carbocycles. The third-order valence-electron chi connectivity index (χ3n) is 6.00. The Morgan fingerprint density at radius 3 is 2.53 bits per heavy atom. The average Bonchev–Trinajstić information content (AvgIpc) is 3.49. The van der Waals surface area contributed by atoms with Gasteiger partial charge in [0.05, 0.1) is 12.3 Å². The van der Waals surface area contributed by atoms with Gasteiger partial charge in [0.15, 0.2) is 5.76 Å². The third kappa shape index (κ3) is 4.72. The number of rotatable bonds is 6. The maximum atomic E-state index is 12.7. The van der Waals surface area contributed by atoms with Crippen LogP contribution in [-0.4, -0.2) is 82.0 Å². The van der Waals surface area contributed by atoms with Crippen LogP contribution in [-0.2, 0) is 16.0 Å². The summed E-state index contributed by atoms with van der Waals surface area (Å²) in [6, 6.07) is 3.39. The number of amides is 2. The van der Waals surface area contributed by atoms with Gasteiger partial charge in [0.2, 0.25) is 23.5 Å². The van der Waals surface area contributed by atoms with E-state index in [0.717, 1.165) is 39.0 Å². The molecule has 30 heavy (non-hydrogen) atoms. The Morgan fingerprint density at radius 2 is 1.83 bits per heavy atom. The van der Waals surface area contributed by atoms with Gasteiger partial charge in [0, 0.05) is 52.1 Å². The van der Waals surface area contributed by atoms with Gasteiger partial charge >= 0.3 is 0 Å². The van der Waals surface area contributed by atoms with Crippen molar-refractivity contribution in [3.63, 3.8) is 0 Å². The summed E-state index contributed by atoms with van der Waals surface area (Å²) in [5.74, 6) is 1.65. The van der Waals surface area contributed by atoms with Crippen molar-refractivity contribution in [2.45, 2.75) is 45.1 Å². The SMILES string of the molecule is CC(C(=O)N1CCCCC1)N1CCN(C(=O)CCc2nc(-c3ccco3)no2)CC1. The number of likely N-dealkylation sites (tertiary alicyclic amines) is 1. The molecule has 0 radical (unpaired) electrons. The van der Waals surface area contributed by atoms with Gasteiger partial charge < -0.3 is 18.7 Å². The highest BCUT2D eigenvalue weighted by molar-refractivity contribution is 5.81. The highest BCUT2D eigenvalue weighted by Crippen LogP contribution is 2.17. The molecule has 4 heterocycles. The summed E-state index contributed by atoms with van der Waals surface area (Å²) < 4.78 is 10.5. The fourth-order valence-corrected chi connectivity index (χ4v) is 4.13. The molecule has 0 bridgehead atoms. The number of piperidine rings is 1. The molecule has 2 aliphatic rings. The molecule has 2 aliphatic heterocycles. The molecule has 2 aromatic heterocycles. The van der Waals surface area contributed by atoms with Gasteiger partial charge in [0.1, 0.15) is 0 Å². The van der Waals surface area contributed by atoms with E-state index in [4.69, 9.17) is 8.94 Å². The second kappa shape index (κ2) is 9.42. The molecule has 9 heteroatoms. The number of piperazine rings is 1. The summed E-state index contributed by atoms with van der Waals surface area (Å²) in [5.41, 5.74) is 0. The molecule has 162 valence electrons. The monoisotopic (exact) mass is 415 g/mol. The fourth-order valence-electron chi connectivity index (χ4n) is 4.13. The van der Waals surface area contributed by atoms with E-state index in [1.54, 1.807) is 18.4 Å². The molecule has 0 spiro atoms. The first-order valence-corrected chi connectivity index (χ1v) is 10.8. The zero-order valence-corrected chi connectivity index (χ0v) is 17.5. The second-order valence-corrected chi connectivity index (χ2v) is 7.97. The topological polar surface area (TPSA) is 95.9 Å². The van der Waals surface area contributed by atoms with Crippen LogP contribution in [0.15, 0.2) is 27.3 Å². The first-order chi connectivity index (χ1) is 14.6. The normalized spacial score (nSPS) is 19.1. The van der Waals surface area contributed by atoms with Gasteiger partial charge in [-0.05, 0) is 38.3 Å². The van der Waals surface area contributed by atoms with Crippen LogP contribution < -0.4 is 0 Å². The van der Waals surface area contributed by atoms with Crippen molar-refractivity contribution >= 4 is 11.8 Å². The number of nitrogens with zero attached hydrogens (tertiary/aromatic N) is 5. The minimum atomic E-state index is -0.126. The van der Waals surface area contributed by atoms with E-state index in [2.05, 4.69) is 15.0 Å². The van der Waals surface area contributed by atoms with Gasteiger partial charge in [-0.25, -0.2) is 0 Å². The van der Waals surface area contributed by atoms with E-state index in [1.807, 2.05) is 16.7 Å². The van der Waals surface area contributed by atoms with Crippen LogP contribution in [0.1, 0.15) is 38.5 Å². The molecule has 1 unspecified atom stereocenters. The highest BCUT2D eigenvalue weighted by atomic mass is 16.5. The minimum Gasteiger partial charge on any atom is -0.461 e. The quantitative estimate of drug-likeness (QED) is 0.710. The Balaban J connectivity index is 1.22. The summed E-state index contributed by atoms with van der Waals surface area (Å²) in [4.78, 5) is 35.6. The standard InChI is InChI=1S/C21H29N5O4/c1-16(21(28)26-9-3-2-4-10-26)24-11-13-25(14-12-24)19(27)8-7-18-22-20(23-30-18)17-6-5-15-29-17/h5-6,15-16H,2-4,7-14H2,1H3. The zero-order valence-electron chi connectivity index (χ0n) is 17.5. The summed E-state index contributed by atoms with van der Waals surface area (Å²) in [5, 5.41) is 3.89. The Hall–Kier alpha value is -2.68. The molecular weight excluding hydrogens is 386 g/mol.